The standard InChI is InChI=1S/C12H24N2/c1-5-9-12(6-2)13-10-11-14(7-3)8-4/h12-13H,6-8,10-11H2,1-4H3. The van der Waals surface area contributed by atoms with Gasteiger partial charge in [-0.15, -0.1) is 5.92 Å². The third kappa shape index (κ3) is 6.01. The normalized spacial score (nSPS) is 12.4. The first-order valence-electron chi connectivity index (χ1n) is 5.66. The number of likely N-dealkylation sites (N-methyl/N-ethyl adjacent to an activating group) is 1. The zero-order chi connectivity index (χ0) is 10.8. The lowest BCUT2D eigenvalue weighted by atomic mass is 10.2. The van der Waals surface area contributed by atoms with Gasteiger partial charge in [-0.05, 0) is 26.4 Å². The van der Waals surface area contributed by atoms with E-state index in [1.54, 1.807) is 0 Å². The van der Waals surface area contributed by atoms with Crippen LogP contribution in [0.4, 0.5) is 0 Å². The molecule has 0 aliphatic carbocycles. The Morgan fingerprint density at radius 1 is 1.21 bits per heavy atom. The van der Waals surface area contributed by atoms with Gasteiger partial charge in [0.1, 0.15) is 0 Å². The summed E-state index contributed by atoms with van der Waals surface area (Å²) in [5.74, 6) is 6.12. The molecule has 0 rings (SSSR count). The van der Waals surface area contributed by atoms with Crippen molar-refractivity contribution in [2.24, 2.45) is 0 Å². The van der Waals surface area contributed by atoms with E-state index in [1.807, 2.05) is 6.92 Å². The number of hydrogen-bond donors (Lipinski definition) is 1. The molecule has 14 heavy (non-hydrogen) atoms. The highest BCUT2D eigenvalue weighted by Gasteiger charge is 2.02. The molecule has 0 radical (unpaired) electrons. The Bertz CT molecular complexity index is 174. The van der Waals surface area contributed by atoms with Crippen molar-refractivity contribution in [2.75, 3.05) is 26.2 Å². The van der Waals surface area contributed by atoms with Crippen LogP contribution in [0.5, 0.6) is 0 Å². The Morgan fingerprint density at radius 2 is 1.86 bits per heavy atom. The van der Waals surface area contributed by atoms with Gasteiger partial charge in [0.2, 0.25) is 0 Å². The van der Waals surface area contributed by atoms with Crippen LogP contribution in [0.3, 0.4) is 0 Å². The molecule has 0 aliphatic rings. The predicted octanol–water partition coefficient (Wildman–Crippen LogP) is 1.72. The Balaban J connectivity index is 3.62. The lowest BCUT2D eigenvalue weighted by molar-refractivity contribution is 0.299. The third-order valence-electron chi connectivity index (χ3n) is 2.44. The monoisotopic (exact) mass is 196 g/mol. The van der Waals surface area contributed by atoms with Crippen LogP contribution < -0.4 is 5.32 Å². The first-order valence-corrected chi connectivity index (χ1v) is 5.66. The first kappa shape index (κ1) is 13.5. The summed E-state index contributed by atoms with van der Waals surface area (Å²) in [6.45, 7) is 12.9. The van der Waals surface area contributed by atoms with E-state index in [4.69, 9.17) is 0 Å². The average Bonchev–Trinajstić information content (AvgIpc) is 2.23. The molecule has 2 nitrogen and oxygen atoms in total. The fourth-order valence-electron chi connectivity index (χ4n) is 1.41. The zero-order valence-corrected chi connectivity index (χ0v) is 10.1. The molecule has 0 heterocycles. The van der Waals surface area contributed by atoms with E-state index in [0.717, 1.165) is 32.6 Å². The molecule has 1 N–H and O–H groups in total. The molecule has 0 aromatic heterocycles. The molecule has 0 saturated heterocycles. The van der Waals surface area contributed by atoms with E-state index < -0.39 is 0 Å². The van der Waals surface area contributed by atoms with Crippen LogP contribution in [0.2, 0.25) is 0 Å². The zero-order valence-electron chi connectivity index (χ0n) is 10.1. The summed E-state index contributed by atoms with van der Waals surface area (Å²) in [7, 11) is 0. The van der Waals surface area contributed by atoms with E-state index in [0.29, 0.717) is 6.04 Å². The predicted molar refractivity (Wildman–Crippen MR) is 63.3 cm³/mol. The van der Waals surface area contributed by atoms with Crippen molar-refractivity contribution < 1.29 is 0 Å². The Labute approximate surface area is 89.1 Å². The summed E-state index contributed by atoms with van der Waals surface area (Å²) in [6, 6.07) is 0.371. The maximum Gasteiger partial charge on any atom is 0.0687 e. The van der Waals surface area contributed by atoms with Gasteiger partial charge in [-0.3, -0.25) is 0 Å². The molecule has 0 amide bonds. The number of nitrogens with zero attached hydrogens (tertiary/aromatic N) is 1. The van der Waals surface area contributed by atoms with Gasteiger partial charge < -0.3 is 10.2 Å². The lowest BCUT2D eigenvalue weighted by Crippen LogP contribution is -2.36. The van der Waals surface area contributed by atoms with Gasteiger partial charge in [-0.25, -0.2) is 0 Å². The molecule has 0 bridgehead atoms. The highest BCUT2D eigenvalue weighted by atomic mass is 15.1. The number of rotatable bonds is 7. The van der Waals surface area contributed by atoms with E-state index >= 15 is 0 Å². The lowest BCUT2D eigenvalue weighted by Gasteiger charge is -2.19. The summed E-state index contributed by atoms with van der Waals surface area (Å²) in [5.41, 5.74) is 0. The van der Waals surface area contributed by atoms with Crippen LogP contribution in [-0.4, -0.2) is 37.1 Å². The highest BCUT2D eigenvalue weighted by Crippen LogP contribution is 1.89. The van der Waals surface area contributed by atoms with Crippen molar-refractivity contribution in [2.45, 2.75) is 40.2 Å². The van der Waals surface area contributed by atoms with Crippen LogP contribution in [0.1, 0.15) is 34.1 Å². The third-order valence-corrected chi connectivity index (χ3v) is 2.44. The summed E-state index contributed by atoms with van der Waals surface area (Å²) < 4.78 is 0. The number of nitrogens with one attached hydrogen (secondary N) is 1. The minimum absolute atomic E-state index is 0.371. The molecule has 0 saturated carbocycles. The van der Waals surface area contributed by atoms with Crippen molar-refractivity contribution >= 4 is 0 Å². The molecular formula is C12H24N2. The fourth-order valence-corrected chi connectivity index (χ4v) is 1.41. The van der Waals surface area contributed by atoms with Gasteiger partial charge in [0.05, 0.1) is 6.04 Å². The van der Waals surface area contributed by atoms with E-state index in [2.05, 4.69) is 42.8 Å². The first-order chi connectivity index (χ1) is 6.78. The Kier molecular flexibility index (Phi) is 8.72. The van der Waals surface area contributed by atoms with Crippen molar-refractivity contribution in [1.82, 2.24) is 10.2 Å². The van der Waals surface area contributed by atoms with Crippen LogP contribution in [0.25, 0.3) is 0 Å². The van der Waals surface area contributed by atoms with Crippen molar-refractivity contribution in [3.8, 4) is 11.8 Å². The molecule has 0 aromatic rings. The van der Waals surface area contributed by atoms with E-state index in [1.165, 1.54) is 0 Å². The summed E-state index contributed by atoms with van der Waals surface area (Å²) in [4.78, 5) is 2.42. The minimum atomic E-state index is 0.371. The minimum Gasteiger partial charge on any atom is -0.303 e. The fraction of sp³-hybridized carbons (Fsp3) is 0.833. The molecule has 2 heteroatoms. The molecule has 0 aliphatic heterocycles. The molecule has 0 aromatic carbocycles. The topological polar surface area (TPSA) is 15.3 Å². The van der Waals surface area contributed by atoms with Crippen molar-refractivity contribution in [3.05, 3.63) is 0 Å². The highest BCUT2D eigenvalue weighted by molar-refractivity contribution is 5.04. The smallest absolute Gasteiger partial charge is 0.0687 e. The van der Waals surface area contributed by atoms with E-state index in [-0.39, 0.29) is 0 Å². The van der Waals surface area contributed by atoms with Gasteiger partial charge in [-0.2, -0.15) is 0 Å². The molecular weight excluding hydrogens is 172 g/mol. The molecule has 82 valence electrons. The number of hydrogen-bond acceptors (Lipinski definition) is 2. The van der Waals surface area contributed by atoms with Crippen LogP contribution in [0, 0.1) is 11.8 Å². The Morgan fingerprint density at radius 3 is 2.29 bits per heavy atom. The van der Waals surface area contributed by atoms with Crippen molar-refractivity contribution in [3.63, 3.8) is 0 Å². The Hall–Kier alpha value is -0.520. The summed E-state index contributed by atoms with van der Waals surface area (Å²) >= 11 is 0. The maximum absolute atomic E-state index is 3.45. The molecule has 1 atom stereocenters. The second kappa shape index (κ2) is 9.05. The summed E-state index contributed by atoms with van der Waals surface area (Å²) in [5, 5.41) is 3.45. The summed E-state index contributed by atoms with van der Waals surface area (Å²) in [6.07, 6.45) is 1.08. The van der Waals surface area contributed by atoms with Crippen LogP contribution in [0.15, 0.2) is 0 Å². The van der Waals surface area contributed by atoms with Gasteiger partial charge >= 0.3 is 0 Å². The van der Waals surface area contributed by atoms with Crippen LogP contribution >= 0.6 is 0 Å². The maximum atomic E-state index is 3.45. The van der Waals surface area contributed by atoms with Crippen molar-refractivity contribution in [1.29, 1.82) is 0 Å². The van der Waals surface area contributed by atoms with Gasteiger partial charge in [0.25, 0.3) is 0 Å². The quantitative estimate of drug-likeness (QED) is 0.624. The molecule has 0 spiro atoms. The van der Waals surface area contributed by atoms with Gasteiger partial charge in [-0.1, -0.05) is 26.7 Å². The van der Waals surface area contributed by atoms with Gasteiger partial charge in [0, 0.05) is 13.1 Å². The second-order valence-electron chi connectivity index (χ2n) is 3.34. The molecule has 0 fully saturated rings. The van der Waals surface area contributed by atoms with Gasteiger partial charge in [0.15, 0.2) is 0 Å². The molecule has 1 unspecified atom stereocenters. The average molecular weight is 196 g/mol. The van der Waals surface area contributed by atoms with E-state index in [9.17, 15) is 0 Å². The SMILES string of the molecule is CC#CC(CC)NCCN(CC)CC. The second-order valence-corrected chi connectivity index (χ2v) is 3.34. The van der Waals surface area contributed by atoms with Crippen LogP contribution in [-0.2, 0) is 0 Å². The largest absolute Gasteiger partial charge is 0.303 e.